The molecule has 31 heavy (non-hydrogen) atoms. The molecule has 0 aliphatic heterocycles. The van der Waals surface area contributed by atoms with Gasteiger partial charge < -0.3 is 20.7 Å². The number of hydrogen-bond donors (Lipinski definition) is 3. The van der Waals surface area contributed by atoms with Gasteiger partial charge in [0, 0.05) is 23.4 Å². The Labute approximate surface area is 191 Å². The fourth-order valence-corrected chi connectivity index (χ4v) is 4.73. The molecule has 172 valence electrons. The highest BCUT2D eigenvalue weighted by atomic mass is 35.5. The van der Waals surface area contributed by atoms with Crippen LogP contribution in [0.3, 0.4) is 0 Å². The zero-order valence-electron chi connectivity index (χ0n) is 19.6. The quantitative estimate of drug-likeness (QED) is 0.396. The maximum atomic E-state index is 10.8. The number of phenolic OH excluding ortho intramolecular Hbond substituents is 1. The molecule has 0 spiro atoms. The van der Waals surface area contributed by atoms with Crippen molar-refractivity contribution in [1.82, 2.24) is 0 Å². The maximum absolute atomic E-state index is 10.8. The summed E-state index contributed by atoms with van der Waals surface area (Å²) < 4.78 is 5.49. The Balaban J connectivity index is 2.35. The monoisotopic (exact) mass is 448 g/mol. The first-order valence-electron chi connectivity index (χ1n) is 10.9. The van der Waals surface area contributed by atoms with E-state index in [4.69, 9.17) is 27.2 Å². The molecular formula is C25H37ClN2O3. The topological polar surface area (TPSA) is 88.1 Å². The van der Waals surface area contributed by atoms with Crippen molar-refractivity contribution in [3.8, 4) is 11.5 Å². The normalized spacial score (nSPS) is 27.4. The van der Waals surface area contributed by atoms with Crippen LogP contribution in [0.4, 0.5) is 0 Å². The van der Waals surface area contributed by atoms with E-state index < -0.39 is 0 Å². The van der Waals surface area contributed by atoms with Gasteiger partial charge >= 0.3 is 0 Å². The van der Waals surface area contributed by atoms with Gasteiger partial charge in [-0.3, -0.25) is 4.99 Å². The molecule has 5 nitrogen and oxygen atoms in total. The van der Waals surface area contributed by atoms with Crippen LogP contribution < -0.4 is 10.5 Å². The van der Waals surface area contributed by atoms with Crippen molar-refractivity contribution in [1.29, 1.82) is 0 Å². The van der Waals surface area contributed by atoms with Crippen LogP contribution in [0.25, 0.3) is 0 Å². The molecule has 0 aromatic heterocycles. The van der Waals surface area contributed by atoms with Crippen molar-refractivity contribution in [3.05, 3.63) is 45.5 Å². The fraction of sp³-hybridized carbons (Fsp3) is 0.560. The predicted molar refractivity (Wildman–Crippen MR) is 129 cm³/mol. The minimum atomic E-state index is -0.360. The van der Waals surface area contributed by atoms with Gasteiger partial charge in [-0.05, 0) is 55.9 Å². The molecule has 1 fully saturated rings. The average molecular weight is 449 g/mol. The number of nitrogens with zero attached hydrogens (tertiary/aromatic N) is 1. The SMILES string of the molecule is COc1c(Cl)c(C)c(C=NCO)c(O)c1C/C=C(C)/C=C/[C@@]1(C)[C@H](C)CCC(N)[C@@H]1C. The van der Waals surface area contributed by atoms with Crippen LogP contribution in [-0.2, 0) is 6.42 Å². The highest BCUT2D eigenvalue weighted by molar-refractivity contribution is 6.33. The first-order chi connectivity index (χ1) is 14.6. The van der Waals surface area contributed by atoms with E-state index in [9.17, 15) is 5.11 Å². The summed E-state index contributed by atoms with van der Waals surface area (Å²) in [4.78, 5) is 3.84. The largest absolute Gasteiger partial charge is 0.507 e. The number of rotatable bonds is 7. The van der Waals surface area contributed by atoms with Gasteiger partial charge in [0.25, 0.3) is 0 Å². The number of ether oxygens (including phenoxy) is 1. The third-order valence-corrected chi connectivity index (χ3v) is 7.66. The lowest BCUT2D eigenvalue weighted by molar-refractivity contribution is 0.0952. The van der Waals surface area contributed by atoms with Crippen molar-refractivity contribution in [2.75, 3.05) is 13.8 Å². The Morgan fingerprint density at radius 2 is 2.03 bits per heavy atom. The highest BCUT2D eigenvalue weighted by Gasteiger charge is 2.40. The molecule has 1 aromatic rings. The van der Waals surface area contributed by atoms with E-state index in [2.05, 4.69) is 37.9 Å². The molecule has 1 aliphatic carbocycles. The van der Waals surface area contributed by atoms with E-state index in [1.54, 1.807) is 6.92 Å². The number of aliphatic hydroxyl groups is 1. The Kier molecular flexibility index (Phi) is 8.75. The zero-order chi connectivity index (χ0) is 23.3. The molecule has 4 N–H and O–H groups in total. The van der Waals surface area contributed by atoms with Crippen LogP contribution in [0.1, 0.15) is 57.2 Å². The molecule has 0 radical (unpaired) electrons. The summed E-state index contributed by atoms with van der Waals surface area (Å²) in [5, 5.41) is 20.3. The third kappa shape index (κ3) is 5.33. The van der Waals surface area contributed by atoms with Gasteiger partial charge in [0.2, 0.25) is 0 Å². The molecule has 2 rings (SSSR count). The second-order valence-electron chi connectivity index (χ2n) is 8.95. The molecule has 0 heterocycles. The summed E-state index contributed by atoms with van der Waals surface area (Å²) in [6.45, 7) is 10.3. The van der Waals surface area contributed by atoms with Crippen molar-refractivity contribution < 1.29 is 14.9 Å². The third-order valence-electron chi connectivity index (χ3n) is 7.21. The predicted octanol–water partition coefficient (Wildman–Crippen LogP) is 5.18. The number of hydrogen-bond acceptors (Lipinski definition) is 5. The van der Waals surface area contributed by atoms with E-state index in [-0.39, 0.29) is 23.9 Å². The van der Waals surface area contributed by atoms with Crippen LogP contribution in [0.5, 0.6) is 11.5 Å². The maximum Gasteiger partial charge on any atom is 0.144 e. The van der Waals surface area contributed by atoms with Crippen molar-refractivity contribution >= 4 is 17.8 Å². The number of methoxy groups -OCH3 is 1. The lowest BCUT2D eigenvalue weighted by Crippen LogP contribution is -2.46. The van der Waals surface area contributed by atoms with Gasteiger partial charge in [-0.1, -0.05) is 56.2 Å². The molecule has 0 bridgehead atoms. The number of nitrogens with two attached hydrogens (primary N) is 1. The molecule has 0 saturated heterocycles. The molecule has 0 amide bonds. The van der Waals surface area contributed by atoms with Gasteiger partial charge in [0.15, 0.2) is 0 Å². The van der Waals surface area contributed by atoms with E-state index in [1.165, 1.54) is 13.3 Å². The highest BCUT2D eigenvalue weighted by Crippen LogP contribution is 2.46. The van der Waals surface area contributed by atoms with Crippen molar-refractivity contribution in [2.24, 2.45) is 28.0 Å². The molecule has 6 heteroatoms. The number of allylic oxidation sites excluding steroid dienone is 4. The molecular weight excluding hydrogens is 412 g/mol. The second-order valence-corrected chi connectivity index (χ2v) is 9.33. The van der Waals surface area contributed by atoms with E-state index in [0.29, 0.717) is 45.7 Å². The van der Waals surface area contributed by atoms with Crippen molar-refractivity contribution in [2.45, 2.75) is 59.9 Å². The first kappa shape index (κ1) is 25.4. The van der Waals surface area contributed by atoms with Gasteiger partial charge in [-0.2, -0.15) is 0 Å². The number of aliphatic hydroxyl groups excluding tert-OH is 1. The van der Waals surface area contributed by atoms with E-state index in [0.717, 1.165) is 18.4 Å². The smallest absolute Gasteiger partial charge is 0.144 e. The first-order valence-corrected chi connectivity index (χ1v) is 11.3. The molecule has 1 saturated carbocycles. The Morgan fingerprint density at radius 1 is 1.35 bits per heavy atom. The van der Waals surface area contributed by atoms with Crippen LogP contribution in [-0.4, -0.2) is 36.3 Å². The number of phenols is 1. The Bertz CT molecular complexity index is 878. The van der Waals surface area contributed by atoms with E-state index >= 15 is 0 Å². The summed E-state index contributed by atoms with van der Waals surface area (Å²) in [6.07, 6.45) is 10.6. The van der Waals surface area contributed by atoms with Crippen molar-refractivity contribution in [3.63, 3.8) is 0 Å². The summed E-state index contributed by atoms with van der Waals surface area (Å²) >= 11 is 6.49. The lowest BCUT2D eigenvalue weighted by atomic mass is 9.60. The molecule has 1 aromatic carbocycles. The number of benzene rings is 1. The average Bonchev–Trinajstić information content (AvgIpc) is 2.75. The standard InChI is InChI=1S/C25H37ClN2O3/c1-15(11-12-25(5)16(2)8-10-21(27)18(25)4)7-9-19-23(30)20(13-28-14-29)17(3)22(26)24(19)31-6/h7,11-13,16,18,21,29-30H,8-10,14,27H2,1-6H3/b12-11+,15-7+,28-13?/t16-,18+,21?,25+/m1/s1. The van der Waals surface area contributed by atoms with Crippen LogP contribution in [0.15, 0.2) is 28.8 Å². The summed E-state index contributed by atoms with van der Waals surface area (Å²) in [5.74, 6) is 1.50. The van der Waals surface area contributed by atoms with E-state index in [1.807, 2.05) is 13.0 Å². The summed E-state index contributed by atoms with van der Waals surface area (Å²) in [5.41, 5.74) is 9.23. The number of aromatic hydroxyl groups is 1. The molecule has 4 atom stereocenters. The zero-order valence-corrected chi connectivity index (χ0v) is 20.3. The van der Waals surface area contributed by atoms with Gasteiger partial charge in [-0.15, -0.1) is 0 Å². The second kappa shape index (κ2) is 10.7. The minimum absolute atomic E-state index is 0.0493. The minimum Gasteiger partial charge on any atom is -0.507 e. The van der Waals surface area contributed by atoms with Crippen LogP contribution in [0.2, 0.25) is 5.02 Å². The lowest BCUT2D eigenvalue weighted by Gasteiger charge is -2.46. The van der Waals surface area contributed by atoms with Crippen LogP contribution in [0, 0.1) is 24.2 Å². The Morgan fingerprint density at radius 3 is 2.65 bits per heavy atom. The summed E-state index contributed by atoms with van der Waals surface area (Å²) in [6, 6.07) is 0.227. The number of aliphatic imine (C=N–C) groups is 1. The number of halogens is 1. The van der Waals surface area contributed by atoms with Gasteiger partial charge in [-0.25, -0.2) is 0 Å². The molecule has 1 unspecified atom stereocenters. The van der Waals surface area contributed by atoms with Gasteiger partial charge in [0.05, 0.1) is 12.1 Å². The van der Waals surface area contributed by atoms with Crippen LogP contribution >= 0.6 is 11.6 Å². The summed E-state index contributed by atoms with van der Waals surface area (Å²) in [7, 11) is 1.54. The fourth-order valence-electron chi connectivity index (χ4n) is 4.43. The molecule has 1 aliphatic rings. The Hall–Kier alpha value is -1.82. The van der Waals surface area contributed by atoms with Gasteiger partial charge in [0.1, 0.15) is 18.2 Å².